The molecule has 1 amide bonds. The maximum absolute atomic E-state index is 13.3. The van der Waals surface area contributed by atoms with E-state index in [0.29, 0.717) is 37.0 Å². The van der Waals surface area contributed by atoms with Gasteiger partial charge in [0.15, 0.2) is 5.65 Å². The van der Waals surface area contributed by atoms with Crippen molar-refractivity contribution in [2.75, 3.05) is 13.1 Å². The summed E-state index contributed by atoms with van der Waals surface area (Å²) in [5.74, 6) is 0.376. The van der Waals surface area contributed by atoms with Crippen molar-refractivity contribution in [1.29, 1.82) is 0 Å². The van der Waals surface area contributed by atoms with Crippen LogP contribution in [0.5, 0.6) is 0 Å². The average Bonchev–Trinajstić information content (AvgIpc) is 3.61. The largest absolute Gasteiger partial charge is 0.388 e. The molecule has 2 fully saturated rings. The van der Waals surface area contributed by atoms with Crippen LogP contribution in [0.25, 0.3) is 38.8 Å². The van der Waals surface area contributed by atoms with Gasteiger partial charge >= 0.3 is 0 Å². The fourth-order valence-corrected chi connectivity index (χ4v) is 5.58. The van der Waals surface area contributed by atoms with E-state index in [0.717, 1.165) is 40.6 Å². The molecule has 1 saturated carbocycles. The predicted molar refractivity (Wildman–Crippen MR) is 146 cm³/mol. The van der Waals surface area contributed by atoms with Gasteiger partial charge in [-0.1, -0.05) is 24.3 Å². The molecule has 1 saturated heterocycles. The molecule has 0 bridgehead atoms. The third-order valence-corrected chi connectivity index (χ3v) is 8.15. The number of nitrogens with zero attached hydrogens (tertiary/aromatic N) is 7. The van der Waals surface area contributed by atoms with E-state index in [9.17, 15) is 14.7 Å². The van der Waals surface area contributed by atoms with Crippen LogP contribution < -0.4 is 5.56 Å². The van der Waals surface area contributed by atoms with Crippen molar-refractivity contribution in [3.05, 3.63) is 71.5 Å². The predicted octanol–water partition coefficient (Wildman–Crippen LogP) is 2.90. The summed E-state index contributed by atoms with van der Waals surface area (Å²) in [5, 5.41) is 21.5. The molecule has 2 aliphatic rings. The number of likely N-dealkylation sites (tertiary alicyclic amines) is 1. The molecule has 5 aromatic rings. The summed E-state index contributed by atoms with van der Waals surface area (Å²) < 4.78 is 4.98. The van der Waals surface area contributed by atoms with E-state index < -0.39 is 5.60 Å². The molecular weight excluding hydrogens is 494 g/mol. The van der Waals surface area contributed by atoms with Crippen molar-refractivity contribution in [2.45, 2.75) is 37.8 Å². The second-order valence-electron chi connectivity index (χ2n) is 10.9. The SMILES string of the molecule is Cn1ncc2ccc(-c3ccc(-n4ncc5c(=O)n(CC6(O)CCN(C(=O)C7CC7)CC6)cnc54)cc3)cc21. The number of hydrogen-bond acceptors (Lipinski definition) is 6. The number of aromatic nitrogens is 6. The summed E-state index contributed by atoms with van der Waals surface area (Å²) in [6.45, 7) is 1.17. The Labute approximate surface area is 224 Å². The molecule has 1 N–H and O–H groups in total. The summed E-state index contributed by atoms with van der Waals surface area (Å²) in [7, 11) is 1.93. The number of rotatable bonds is 5. The first-order valence-electron chi connectivity index (χ1n) is 13.4. The van der Waals surface area contributed by atoms with Gasteiger partial charge in [-0.2, -0.15) is 10.2 Å². The smallest absolute Gasteiger partial charge is 0.264 e. The van der Waals surface area contributed by atoms with Crippen molar-refractivity contribution in [3.8, 4) is 16.8 Å². The Hall–Kier alpha value is -4.31. The monoisotopic (exact) mass is 523 g/mol. The molecule has 1 aliphatic heterocycles. The van der Waals surface area contributed by atoms with Crippen LogP contribution in [0.15, 0.2) is 66.0 Å². The molecule has 10 nitrogen and oxygen atoms in total. The van der Waals surface area contributed by atoms with Crippen LogP contribution in [0.2, 0.25) is 0 Å². The van der Waals surface area contributed by atoms with E-state index in [2.05, 4.69) is 33.4 Å². The zero-order valence-electron chi connectivity index (χ0n) is 21.7. The summed E-state index contributed by atoms with van der Waals surface area (Å²) in [4.78, 5) is 32.1. The number of hydrogen-bond donors (Lipinski definition) is 1. The lowest BCUT2D eigenvalue weighted by Crippen LogP contribution is -2.50. The quantitative estimate of drug-likeness (QED) is 0.379. The van der Waals surface area contributed by atoms with Gasteiger partial charge in [0.05, 0.1) is 35.7 Å². The Bertz CT molecular complexity index is 1770. The highest BCUT2D eigenvalue weighted by molar-refractivity contribution is 5.84. The first-order chi connectivity index (χ1) is 18.9. The molecule has 7 rings (SSSR count). The molecule has 3 aromatic heterocycles. The number of benzene rings is 2. The molecule has 198 valence electrons. The fraction of sp³-hybridized carbons (Fsp3) is 0.345. The van der Waals surface area contributed by atoms with Gasteiger partial charge in [0.25, 0.3) is 5.56 Å². The Morgan fingerprint density at radius 3 is 2.51 bits per heavy atom. The maximum atomic E-state index is 13.3. The first kappa shape index (κ1) is 23.8. The maximum Gasteiger partial charge on any atom is 0.264 e. The van der Waals surface area contributed by atoms with E-state index in [1.807, 2.05) is 47.1 Å². The summed E-state index contributed by atoms with van der Waals surface area (Å²) in [5.41, 5.74) is 3.19. The van der Waals surface area contributed by atoms with Gasteiger partial charge in [0.1, 0.15) is 11.7 Å². The Morgan fingerprint density at radius 1 is 1.03 bits per heavy atom. The molecule has 2 aromatic carbocycles. The van der Waals surface area contributed by atoms with Crippen LogP contribution in [0.1, 0.15) is 25.7 Å². The Balaban J connectivity index is 1.11. The second-order valence-corrected chi connectivity index (χ2v) is 10.9. The standard InChI is InChI=1S/C29H29N7O3/c1-33-25-14-21(4-5-22(25)15-31-33)19-6-8-23(9-7-19)36-26-24(16-32-36)28(38)35(18-30-26)17-29(39)10-12-34(13-11-29)27(37)20-2-3-20/h4-9,14-16,18,20,39H,2-3,10-13,17H2,1H3. The number of aryl methyl sites for hydroxylation is 1. The third kappa shape index (κ3) is 4.21. The highest BCUT2D eigenvalue weighted by atomic mass is 16.3. The van der Waals surface area contributed by atoms with Gasteiger partial charge < -0.3 is 10.0 Å². The summed E-state index contributed by atoms with van der Waals surface area (Å²) >= 11 is 0. The van der Waals surface area contributed by atoms with Crippen LogP contribution in [0, 0.1) is 5.92 Å². The summed E-state index contributed by atoms with van der Waals surface area (Å²) in [6.07, 6.45) is 7.70. The molecule has 0 radical (unpaired) electrons. The lowest BCUT2D eigenvalue weighted by Gasteiger charge is -2.38. The van der Waals surface area contributed by atoms with Gasteiger partial charge in [-0.05, 0) is 55.0 Å². The number of carbonyl (C=O) groups excluding carboxylic acids is 1. The average molecular weight is 524 g/mol. The molecule has 0 spiro atoms. The minimum atomic E-state index is -1.05. The molecule has 0 unspecified atom stereocenters. The van der Waals surface area contributed by atoms with Crippen molar-refractivity contribution < 1.29 is 9.90 Å². The van der Waals surface area contributed by atoms with Gasteiger partial charge in [0, 0.05) is 31.4 Å². The molecule has 0 atom stereocenters. The fourth-order valence-electron chi connectivity index (χ4n) is 5.58. The van der Waals surface area contributed by atoms with Crippen LogP contribution in [-0.4, -0.2) is 63.7 Å². The van der Waals surface area contributed by atoms with Crippen LogP contribution >= 0.6 is 0 Å². The van der Waals surface area contributed by atoms with Crippen molar-refractivity contribution in [3.63, 3.8) is 0 Å². The number of fused-ring (bicyclic) bond motifs is 2. The van der Waals surface area contributed by atoms with E-state index in [1.54, 1.807) is 4.68 Å². The van der Waals surface area contributed by atoms with Crippen LogP contribution in [0.3, 0.4) is 0 Å². The Morgan fingerprint density at radius 2 is 1.77 bits per heavy atom. The lowest BCUT2D eigenvalue weighted by atomic mass is 9.91. The summed E-state index contributed by atoms with van der Waals surface area (Å²) in [6, 6.07) is 14.2. The number of carbonyl (C=O) groups is 1. The van der Waals surface area contributed by atoms with Crippen molar-refractivity contribution >= 4 is 27.8 Å². The Kier molecular flexibility index (Phi) is 5.41. The van der Waals surface area contributed by atoms with E-state index in [-0.39, 0.29) is 23.9 Å². The molecular formula is C29H29N7O3. The first-order valence-corrected chi connectivity index (χ1v) is 13.4. The van der Waals surface area contributed by atoms with Gasteiger partial charge in [-0.3, -0.25) is 18.8 Å². The van der Waals surface area contributed by atoms with Crippen LogP contribution in [-0.2, 0) is 18.4 Å². The van der Waals surface area contributed by atoms with Gasteiger partial charge in [-0.25, -0.2) is 9.67 Å². The second kappa shape index (κ2) is 8.88. The van der Waals surface area contributed by atoms with E-state index in [4.69, 9.17) is 0 Å². The molecule has 39 heavy (non-hydrogen) atoms. The van der Waals surface area contributed by atoms with E-state index >= 15 is 0 Å². The normalized spacial score (nSPS) is 17.2. The minimum Gasteiger partial charge on any atom is -0.388 e. The van der Waals surface area contributed by atoms with Gasteiger partial charge in [-0.15, -0.1) is 0 Å². The van der Waals surface area contributed by atoms with Gasteiger partial charge in [0.2, 0.25) is 5.91 Å². The highest BCUT2D eigenvalue weighted by Crippen LogP contribution is 2.33. The number of amides is 1. The van der Waals surface area contributed by atoms with Crippen molar-refractivity contribution in [2.24, 2.45) is 13.0 Å². The highest BCUT2D eigenvalue weighted by Gasteiger charge is 2.39. The number of piperidine rings is 1. The van der Waals surface area contributed by atoms with Crippen molar-refractivity contribution in [1.82, 2.24) is 34.0 Å². The molecule has 4 heterocycles. The zero-order chi connectivity index (χ0) is 26.7. The van der Waals surface area contributed by atoms with Crippen LogP contribution in [0.4, 0.5) is 0 Å². The molecule has 1 aliphatic carbocycles. The number of aliphatic hydroxyl groups is 1. The topological polar surface area (TPSA) is 111 Å². The zero-order valence-corrected chi connectivity index (χ0v) is 21.7. The third-order valence-electron chi connectivity index (χ3n) is 8.15. The minimum absolute atomic E-state index is 0.140. The van der Waals surface area contributed by atoms with E-state index in [1.165, 1.54) is 17.1 Å². The molecule has 10 heteroatoms. The lowest BCUT2D eigenvalue weighted by molar-refractivity contribution is -0.137.